The minimum Gasteiger partial charge on any atom is -0.413 e. The predicted molar refractivity (Wildman–Crippen MR) is 472 cm³/mol. The smallest absolute Gasteiger partial charge is 0.194 e. The molecular weight excluding hydrogens is 1470 g/mol. The number of thiophene rings is 4. The van der Waals surface area contributed by atoms with Crippen molar-refractivity contribution in [3.8, 4) is 52.9 Å². The maximum absolute atomic E-state index is 15.1. The highest BCUT2D eigenvalue weighted by Gasteiger charge is 2.44. The summed E-state index contributed by atoms with van der Waals surface area (Å²) in [4.78, 5) is 24.8. The molecule has 8 aromatic rings. The van der Waals surface area contributed by atoms with Crippen LogP contribution in [0.5, 0.6) is 0 Å². The maximum atomic E-state index is 15.1. The fourth-order valence-corrected chi connectivity index (χ4v) is 21.1. The van der Waals surface area contributed by atoms with Crippen molar-refractivity contribution in [3.05, 3.63) is 211 Å². The Labute approximate surface area is 666 Å². The Hall–Kier alpha value is -6.18. The van der Waals surface area contributed by atoms with E-state index in [-0.39, 0.29) is 49.6 Å². The Bertz CT molecular complexity index is 4410. The van der Waals surface area contributed by atoms with Crippen molar-refractivity contribution in [2.75, 3.05) is 52.6 Å². The number of fused-ring (bicyclic) bond motifs is 3. The van der Waals surface area contributed by atoms with E-state index >= 15 is 4.79 Å². The second-order valence-corrected chi connectivity index (χ2v) is 59.1. The average molecular weight is 1590 g/mol. The Balaban J connectivity index is 0.892. The quantitative estimate of drug-likeness (QED) is 0.0208. The number of ketones is 1. The third-order valence-corrected chi connectivity index (χ3v) is 47.1. The van der Waals surface area contributed by atoms with Crippen LogP contribution in [0, 0.1) is 0 Å². The lowest BCUT2D eigenvalue weighted by atomic mass is 9.81. The summed E-state index contributed by atoms with van der Waals surface area (Å²) in [6.07, 6.45) is 9.74. The van der Waals surface area contributed by atoms with Crippen LogP contribution in [0.4, 0.5) is 11.4 Å². The monoisotopic (exact) mass is 1590 g/mol. The van der Waals surface area contributed by atoms with E-state index in [2.05, 4.69) is 342 Å². The molecule has 0 saturated carbocycles. The topological polar surface area (TPSA) is 110 Å². The Morgan fingerprint density at radius 1 is 0.333 bits per heavy atom. The van der Waals surface area contributed by atoms with Crippen molar-refractivity contribution < 1.29 is 22.5 Å². The zero-order valence-electron chi connectivity index (χ0n) is 68.8. The molecule has 0 unspecified atom stereocenters. The van der Waals surface area contributed by atoms with Crippen molar-refractivity contribution in [3.63, 3.8) is 0 Å². The summed E-state index contributed by atoms with van der Waals surface area (Å²) in [6, 6.07) is 48.3. The SMILES string of the molecule is CCN(CC)N=Nc1ccc(-c2ccc([C@@H]3C=C[C@H](c4ccc(-c5ccc6c(c5)C(=O)c5cc(-c7ccc([C@H]8C=C[C@@H](c9ccc(-c%10ccc(N=NN(CC)CC)cc%10)s9)C(CO[Si](C)(C)C(C)(C)C)=C8CO[Si](C)(C)C(C)(C)C)s7)ccc5-6)s4)C(CO[Si](C)(C)C(C)(C)C)=C3CO[Si](C)(C)C(C)(C)C)s2)cc1. The molecule has 3 aliphatic rings. The largest absolute Gasteiger partial charge is 0.413 e. The van der Waals surface area contributed by atoms with Crippen LogP contribution >= 0.6 is 45.3 Å². The van der Waals surface area contributed by atoms with E-state index in [0.29, 0.717) is 26.4 Å². The van der Waals surface area contributed by atoms with Crippen molar-refractivity contribution in [1.82, 2.24) is 10.0 Å². The third-order valence-electron chi connectivity index (χ3n) is 24.4. The number of carbonyl (C=O) groups is 1. The fourth-order valence-electron chi connectivity index (χ4n) is 12.8. The van der Waals surface area contributed by atoms with Gasteiger partial charge in [0.1, 0.15) is 0 Å². The standard InChI is InChI=1S/C89H118N6O5S4Si4/c1-25-94(26-2)92-90-63-35-29-59(30-36-63)77-45-49-81(101-77)67-41-43-69(75(57-99-107(21,22)88(11,12)13)73(67)55-97-105(17,18)86(5,6)7)83-51-47-79(103-83)61-33-39-65-66-40-34-62(54-72(66)85(96)71(65)53-61)80-48-52-84(104-80)70-44-42-68(82-50-46-78(102-82)60-31-37-64(38-32-60)91-93-95(27-3)28-4)74(56-98-106(19,20)87(8,9)10)76(70)58-100-108(23,24)89(14,15)16/h29-54,67-70H,25-28,55-58H2,1-24H3/t67-,68-,69+,70+/m1/s1. The first-order valence-electron chi connectivity index (χ1n) is 38.9. The van der Waals surface area contributed by atoms with Crippen molar-refractivity contribution in [2.24, 2.45) is 20.7 Å². The van der Waals surface area contributed by atoms with E-state index in [0.717, 1.165) is 91.8 Å². The highest BCUT2D eigenvalue weighted by atomic mass is 32.1. The van der Waals surface area contributed by atoms with Crippen LogP contribution < -0.4 is 0 Å². The second-order valence-electron chi connectivity index (χ2n) is 35.4. The first kappa shape index (κ1) is 82.8. The lowest BCUT2D eigenvalue weighted by molar-refractivity contribution is 0.104. The van der Waals surface area contributed by atoms with Gasteiger partial charge in [0, 0.05) is 100.0 Å². The molecule has 4 heterocycles. The number of rotatable bonds is 28. The van der Waals surface area contributed by atoms with Crippen LogP contribution in [0.25, 0.3) is 52.9 Å². The van der Waals surface area contributed by atoms with Gasteiger partial charge in [0.25, 0.3) is 0 Å². The molecule has 0 amide bonds. The van der Waals surface area contributed by atoms with Gasteiger partial charge in [0.15, 0.2) is 39.1 Å². The van der Waals surface area contributed by atoms with Gasteiger partial charge in [0.05, 0.1) is 37.8 Å². The van der Waals surface area contributed by atoms with Gasteiger partial charge in [-0.3, -0.25) is 14.8 Å². The fraction of sp³-hybridized carbons (Fsp3) is 0.449. The molecular formula is C89H118N6O5S4Si4. The molecule has 4 aromatic heterocycles. The van der Waals surface area contributed by atoms with Gasteiger partial charge >= 0.3 is 0 Å². The van der Waals surface area contributed by atoms with Gasteiger partial charge in [-0.2, -0.15) is 0 Å². The molecule has 0 fully saturated rings. The van der Waals surface area contributed by atoms with E-state index < -0.39 is 33.3 Å². The van der Waals surface area contributed by atoms with Crippen LogP contribution in [0.3, 0.4) is 0 Å². The Morgan fingerprint density at radius 3 is 0.815 bits per heavy atom. The summed E-state index contributed by atoms with van der Waals surface area (Å²) >= 11 is 7.34. The van der Waals surface area contributed by atoms with Crippen LogP contribution in [0.2, 0.25) is 72.5 Å². The minimum atomic E-state index is -2.22. The molecule has 0 saturated heterocycles. The summed E-state index contributed by atoms with van der Waals surface area (Å²) in [5.74, 6) is 0.0366. The first-order valence-corrected chi connectivity index (χ1v) is 53.8. The summed E-state index contributed by atoms with van der Waals surface area (Å²) in [5.41, 5.74) is 14.7. The normalized spacial score (nSPS) is 17.7. The molecule has 4 aromatic carbocycles. The van der Waals surface area contributed by atoms with Gasteiger partial charge in [0.2, 0.25) is 0 Å². The molecule has 0 aliphatic heterocycles. The van der Waals surface area contributed by atoms with Crippen molar-refractivity contribution in [2.45, 2.75) is 207 Å². The molecule has 0 radical (unpaired) electrons. The number of carbonyl (C=O) groups excluding carboxylic acids is 1. The lowest BCUT2D eigenvalue weighted by Gasteiger charge is -2.40. The molecule has 11 nitrogen and oxygen atoms in total. The molecule has 3 aliphatic carbocycles. The minimum absolute atomic E-state index is 0.0116. The van der Waals surface area contributed by atoms with Crippen LogP contribution in [-0.2, 0) is 17.7 Å². The van der Waals surface area contributed by atoms with E-state index in [1.54, 1.807) is 0 Å². The van der Waals surface area contributed by atoms with Crippen molar-refractivity contribution >= 4 is 95.8 Å². The predicted octanol–water partition coefficient (Wildman–Crippen LogP) is 28.0. The number of allylic oxidation sites excluding steroid dienone is 4. The zero-order valence-corrected chi connectivity index (χ0v) is 76.1. The van der Waals surface area contributed by atoms with Gasteiger partial charge in [-0.1, -0.05) is 166 Å². The third kappa shape index (κ3) is 18.1. The zero-order chi connectivity index (χ0) is 78.3. The van der Waals surface area contributed by atoms with E-state index in [1.165, 1.54) is 51.6 Å². The molecule has 0 bridgehead atoms. The van der Waals surface area contributed by atoms with Crippen LogP contribution in [0.15, 0.2) is 201 Å². The number of hydrogen-bond acceptors (Lipinski definition) is 13. The first-order chi connectivity index (χ1) is 50.7. The van der Waals surface area contributed by atoms with E-state index in [9.17, 15) is 0 Å². The van der Waals surface area contributed by atoms with Crippen LogP contribution in [-0.4, -0.2) is 102 Å². The molecule has 574 valence electrons. The highest BCUT2D eigenvalue weighted by Crippen LogP contribution is 2.53. The summed E-state index contributed by atoms with van der Waals surface area (Å²) in [6.45, 7) is 60.5. The molecule has 108 heavy (non-hydrogen) atoms. The molecule has 0 spiro atoms. The summed E-state index contributed by atoms with van der Waals surface area (Å²) in [5, 5.41) is 21.9. The van der Waals surface area contributed by atoms with Crippen molar-refractivity contribution in [1.29, 1.82) is 0 Å². The molecule has 11 rings (SSSR count). The molecule has 0 N–H and O–H groups in total. The molecule has 19 heteroatoms. The maximum Gasteiger partial charge on any atom is 0.194 e. The Kier molecular flexibility index (Phi) is 25.2. The molecule has 4 atom stereocenters. The summed E-state index contributed by atoms with van der Waals surface area (Å²) in [7, 11) is -8.87. The number of benzene rings is 4. The average Bonchev–Trinajstić information content (AvgIpc) is 1.57. The number of hydrogen-bond donors (Lipinski definition) is 0. The van der Waals surface area contributed by atoms with Gasteiger partial charge in [-0.15, -0.1) is 55.6 Å². The second kappa shape index (κ2) is 32.9. The van der Waals surface area contributed by atoms with Gasteiger partial charge < -0.3 is 17.7 Å². The van der Waals surface area contributed by atoms with E-state index in [1.807, 2.05) is 55.4 Å². The number of nitrogens with zero attached hydrogens (tertiary/aromatic N) is 6. The highest BCUT2D eigenvalue weighted by molar-refractivity contribution is 7.16. The summed E-state index contributed by atoms with van der Waals surface area (Å²) < 4.78 is 29.3. The van der Waals surface area contributed by atoms with Crippen LogP contribution in [0.1, 0.15) is 170 Å². The Morgan fingerprint density at radius 2 is 0.574 bits per heavy atom. The van der Waals surface area contributed by atoms with Gasteiger partial charge in [-0.05, 0) is 241 Å². The van der Waals surface area contributed by atoms with Gasteiger partial charge in [-0.25, -0.2) is 0 Å². The van der Waals surface area contributed by atoms with E-state index in [4.69, 9.17) is 17.7 Å². The lowest BCUT2D eigenvalue weighted by Crippen LogP contribution is -2.42.